The highest BCUT2D eigenvalue weighted by Gasteiger charge is 2.36. The van der Waals surface area contributed by atoms with Crippen molar-refractivity contribution >= 4 is 33.9 Å². The third-order valence-corrected chi connectivity index (χ3v) is 6.19. The number of nitrogens with one attached hydrogen (secondary N) is 3. The van der Waals surface area contributed by atoms with Gasteiger partial charge in [-0.25, -0.2) is 9.97 Å². The minimum absolute atomic E-state index is 0.0222. The van der Waals surface area contributed by atoms with E-state index in [9.17, 15) is 18.3 Å². The van der Waals surface area contributed by atoms with Gasteiger partial charge in [0.15, 0.2) is 0 Å². The molecular weight excluding hydrogens is 495 g/mol. The molecule has 0 aliphatic rings. The van der Waals surface area contributed by atoms with Gasteiger partial charge in [0, 0.05) is 54.7 Å². The zero-order chi connectivity index (χ0) is 27.4. The average Bonchev–Trinajstić information content (AvgIpc) is 3.31. The number of para-hydroxylation sites is 1. The van der Waals surface area contributed by atoms with Gasteiger partial charge in [0.2, 0.25) is 5.95 Å². The Kier molecular flexibility index (Phi) is 8.08. The van der Waals surface area contributed by atoms with Crippen molar-refractivity contribution in [3.8, 4) is 11.3 Å². The molecule has 0 saturated carbocycles. The van der Waals surface area contributed by atoms with Crippen LogP contribution in [0, 0.1) is 0 Å². The fraction of sp³-hybridized carbons (Fsp3) is 0.333. The summed E-state index contributed by atoms with van der Waals surface area (Å²) < 4.78 is 41.7. The Morgan fingerprint density at radius 2 is 1.84 bits per heavy atom. The number of hydrogen-bond acceptors (Lipinski definition) is 7. The number of nitrogens with zero attached hydrogens (tertiary/aromatic N) is 4. The van der Waals surface area contributed by atoms with Crippen molar-refractivity contribution < 1.29 is 18.3 Å². The van der Waals surface area contributed by atoms with Crippen molar-refractivity contribution in [2.45, 2.75) is 25.7 Å². The standard InChI is InChI=1S/C27H32F3N7O/c1-5-24(38)34-22-14-17(10-11-23(22)37(4)13-12-36(2)3)33-26-32-16-20(27(28,29)30)25(35-26)19-15-31-21-9-7-6-8-18(19)21/h6-11,14-16,24,31,34,38H,5,12-13H2,1-4H3,(H,32,33,35). The quantitative estimate of drug-likeness (QED) is 0.202. The molecule has 1 unspecified atom stereocenters. The minimum Gasteiger partial charge on any atom is -0.374 e. The molecular formula is C27H32F3N7O. The number of H-pyrrole nitrogens is 1. The number of benzene rings is 2. The van der Waals surface area contributed by atoms with Gasteiger partial charge >= 0.3 is 6.18 Å². The van der Waals surface area contributed by atoms with Gasteiger partial charge in [0.05, 0.1) is 17.1 Å². The maximum atomic E-state index is 13.9. The number of aliphatic hydroxyl groups is 1. The lowest BCUT2D eigenvalue weighted by Gasteiger charge is -2.26. The predicted octanol–water partition coefficient (Wildman–Crippen LogP) is 5.53. The smallest absolute Gasteiger partial charge is 0.374 e. The molecule has 0 fully saturated rings. The summed E-state index contributed by atoms with van der Waals surface area (Å²) in [7, 11) is 5.95. The zero-order valence-corrected chi connectivity index (χ0v) is 21.8. The van der Waals surface area contributed by atoms with E-state index in [-0.39, 0.29) is 11.6 Å². The van der Waals surface area contributed by atoms with Gasteiger partial charge in [0.25, 0.3) is 0 Å². The van der Waals surface area contributed by atoms with E-state index in [1.54, 1.807) is 30.3 Å². The van der Waals surface area contributed by atoms with Crippen LogP contribution in [0.3, 0.4) is 0 Å². The number of aliphatic hydroxyl groups excluding tert-OH is 1. The molecule has 11 heteroatoms. The van der Waals surface area contributed by atoms with Gasteiger partial charge < -0.3 is 30.5 Å². The van der Waals surface area contributed by atoms with E-state index < -0.39 is 18.0 Å². The van der Waals surface area contributed by atoms with Crippen LogP contribution >= 0.6 is 0 Å². The normalized spacial score (nSPS) is 12.7. The second-order valence-electron chi connectivity index (χ2n) is 9.35. The Hall–Kier alpha value is -3.83. The molecule has 8 nitrogen and oxygen atoms in total. The van der Waals surface area contributed by atoms with Crippen molar-refractivity contribution in [1.29, 1.82) is 0 Å². The van der Waals surface area contributed by atoms with E-state index in [1.165, 1.54) is 6.20 Å². The van der Waals surface area contributed by atoms with Crippen LogP contribution in [0.2, 0.25) is 0 Å². The van der Waals surface area contributed by atoms with E-state index in [1.807, 2.05) is 40.2 Å². The third kappa shape index (κ3) is 6.17. The van der Waals surface area contributed by atoms with E-state index in [0.717, 1.165) is 25.0 Å². The highest BCUT2D eigenvalue weighted by Crippen LogP contribution is 2.39. The van der Waals surface area contributed by atoms with Crippen molar-refractivity contribution in [3.05, 3.63) is 60.4 Å². The van der Waals surface area contributed by atoms with Crippen LogP contribution in [0.5, 0.6) is 0 Å². The molecule has 0 saturated heterocycles. The molecule has 0 aliphatic heterocycles. The Balaban J connectivity index is 1.70. The lowest BCUT2D eigenvalue weighted by Crippen LogP contribution is -2.29. The second kappa shape index (κ2) is 11.3. The van der Waals surface area contributed by atoms with Gasteiger partial charge in [-0.05, 0) is 44.8 Å². The SMILES string of the molecule is CCC(O)Nc1cc(Nc2ncc(C(F)(F)F)c(-c3c[nH]c4ccccc34)n2)ccc1N(C)CCN(C)C. The first-order chi connectivity index (χ1) is 18.1. The molecule has 202 valence electrons. The Morgan fingerprint density at radius 3 is 2.55 bits per heavy atom. The molecule has 1 atom stereocenters. The monoisotopic (exact) mass is 527 g/mol. The van der Waals surface area contributed by atoms with Crippen molar-refractivity contribution in [2.75, 3.05) is 49.8 Å². The van der Waals surface area contributed by atoms with Crippen LogP contribution in [0.25, 0.3) is 22.2 Å². The number of likely N-dealkylation sites (N-methyl/N-ethyl adjacent to an activating group) is 2. The summed E-state index contributed by atoms with van der Waals surface area (Å²) in [4.78, 5) is 15.4. The maximum absolute atomic E-state index is 13.9. The molecule has 2 aromatic heterocycles. The fourth-order valence-electron chi connectivity index (χ4n) is 4.07. The summed E-state index contributed by atoms with van der Waals surface area (Å²) >= 11 is 0. The lowest BCUT2D eigenvalue weighted by atomic mass is 10.1. The van der Waals surface area contributed by atoms with E-state index in [4.69, 9.17) is 0 Å². The van der Waals surface area contributed by atoms with Crippen molar-refractivity contribution in [2.24, 2.45) is 0 Å². The van der Waals surface area contributed by atoms with Crippen molar-refractivity contribution in [1.82, 2.24) is 19.9 Å². The molecule has 0 spiro atoms. The summed E-state index contributed by atoms with van der Waals surface area (Å²) in [5.41, 5.74) is 2.02. The number of fused-ring (bicyclic) bond motifs is 1. The topological polar surface area (TPSA) is 92.3 Å². The summed E-state index contributed by atoms with van der Waals surface area (Å²) in [5.74, 6) is 0.0222. The molecule has 0 amide bonds. The van der Waals surface area contributed by atoms with Crippen LogP contribution < -0.4 is 15.5 Å². The number of alkyl halides is 3. The summed E-state index contributed by atoms with van der Waals surface area (Å²) in [6.07, 6.45) is -2.57. The number of halogens is 3. The van der Waals surface area contributed by atoms with E-state index >= 15 is 0 Å². The molecule has 2 aromatic carbocycles. The third-order valence-electron chi connectivity index (χ3n) is 6.19. The number of rotatable bonds is 10. The van der Waals surface area contributed by atoms with Gasteiger partial charge in [-0.3, -0.25) is 0 Å². The van der Waals surface area contributed by atoms with Crippen molar-refractivity contribution in [3.63, 3.8) is 0 Å². The largest absolute Gasteiger partial charge is 0.419 e. The zero-order valence-electron chi connectivity index (χ0n) is 21.8. The summed E-state index contributed by atoms with van der Waals surface area (Å²) in [5, 5.41) is 17.0. The molecule has 4 N–H and O–H groups in total. The Labute approximate surface area is 219 Å². The van der Waals surface area contributed by atoms with Gasteiger partial charge in [0.1, 0.15) is 11.8 Å². The molecule has 0 bridgehead atoms. The minimum atomic E-state index is -4.63. The summed E-state index contributed by atoms with van der Waals surface area (Å²) in [6.45, 7) is 3.45. The van der Waals surface area contributed by atoms with Crippen LogP contribution in [-0.2, 0) is 6.18 Å². The highest BCUT2D eigenvalue weighted by molar-refractivity contribution is 5.95. The molecule has 4 aromatic rings. The predicted molar refractivity (Wildman–Crippen MR) is 146 cm³/mol. The van der Waals surface area contributed by atoms with E-state index in [2.05, 4.69) is 35.4 Å². The molecule has 2 heterocycles. The first kappa shape index (κ1) is 27.2. The molecule has 0 radical (unpaired) electrons. The lowest BCUT2D eigenvalue weighted by molar-refractivity contribution is -0.137. The number of anilines is 4. The molecule has 38 heavy (non-hydrogen) atoms. The summed E-state index contributed by atoms with van der Waals surface area (Å²) in [6, 6.07) is 12.6. The second-order valence-corrected chi connectivity index (χ2v) is 9.35. The highest BCUT2D eigenvalue weighted by atomic mass is 19.4. The maximum Gasteiger partial charge on any atom is 0.419 e. The number of hydrogen-bond donors (Lipinski definition) is 4. The first-order valence-corrected chi connectivity index (χ1v) is 12.3. The molecule has 0 aliphatic carbocycles. The Morgan fingerprint density at radius 1 is 1.08 bits per heavy atom. The van der Waals surface area contributed by atoms with Crippen LogP contribution in [-0.4, -0.2) is 65.4 Å². The number of aromatic amines is 1. The van der Waals surface area contributed by atoms with E-state index in [0.29, 0.717) is 34.3 Å². The average molecular weight is 528 g/mol. The number of aromatic nitrogens is 3. The van der Waals surface area contributed by atoms with Gasteiger partial charge in [-0.15, -0.1) is 0 Å². The molecule has 4 rings (SSSR count). The van der Waals surface area contributed by atoms with Gasteiger partial charge in [-0.1, -0.05) is 25.1 Å². The Bertz CT molecular complexity index is 1390. The van der Waals surface area contributed by atoms with Crippen LogP contribution in [0.1, 0.15) is 18.9 Å². The fourth-order valence-corrected chi connectivity index (χ4v) is 4.07. The van der Waals surface area contributed by atoms with Crippen LogP contribution in [0.4, 0.5) is 36.2 Å². The van der Waals surface area contributed by atoms with Gasteiger partial charge in [-0.2, -0.15) is 13.2 Å². The van der Waals surface area contributed by atoms with Crippen LogP contribution in [0.15, 0.2) is 54.9 Å². The first-order valence-electron chi connectivity index (χ1n) is 12.3.